The molecule has 0 saturated carbocycles. The summed E-state index contributed by atoms with van der Waals surface area (Å²) in [4.78, 5) is 26.7. The molecule has 0 unspecified atom stereocenters. The summed E-state index contributed by atoms with van der Waals surface area (Å²) in [6, 6.07) is 7.75. The number of fused-ring (bicyclic) bond motifs is 3. The lowest BCUT2D eigenvalue weighted by atomic mass is 10.0. The van der Waals surface area contributed by atoms with Crippen molar-refractivity contribution in [3.8, 4) is 11.4 Å². The van der Waals surface area contributed by atoms with Crippen molar-refractivity contribution in [2.24, 2.45) is 5.92 Å². The van der Waals surface area contributed by atoms with Crippen LogP contribution in [0.4, 0.5) is 11.5 Å². The number of benzene rings is 1. The van der Waals surface area contributed by atoms with E-state index in [1.54, 1.807) is 0 Å². The van der Waals surface area contributed by atoms with Gasteiger partial charge in [-0.3, -0.25) is 4.79 Å². The maximum absolute atomic E-state index is 12.8. The van der Waals surface area contributed by atoms with E-state index in [2.05, 4.69) is 20.1 Å². The molecule has 0 spiro atoms. The summed E-state index contributed by atoms with van der Waals surface area (Å²) in [5, 5.41) is 12.9. The van der Waals surface area contributed by atoms with E-state index < -0.39 is 0 Å². The summed E-state index contributed by atoms with van der Waals surface area (Å²) in [6.45, 7) is 5.11. The average Bonchev–Trinajstić information content (AvgIpc) is 2.88. The predicted molar refractivity (Wildman–Crippen MR) is 124 cm³/mol. The predicted octanol–water partition coefficient (Wildman–Crippen LogP) is 1.20. The van der Waals surface area contributed by atoms with Crippen LogP contribution < -0.4 is 15.1 Å². The van der Waals surface area contributed by atoms with Gasteiger partial charge in [0.05, 0.1) is 44.3 Å². The zero-order valence-corrected chi connectivity index (χ0v) is 18.8. The Morgan fingerprint density at radius 3 is 2.88 bits per heavy atom. The van der Waals surface area contributed by atoms with Crippen LogP contribution in [0, 0.1) is 5.92 Å². The maximum Gasteiger partial charge on any atom is 0.239 e. The van der Waals surface area contributed by atoms with E-state index in [1.807, 2.05) is 30.5 Å². The van der Waals surface area contributed by atoms with Gasteiger partial charge >= 0.3 is 0 Å². The number of anilines is 2. The molecule has 1 aromatic carbocycles. The Balaban J connectivity index is 1.37. The third-order valence-corrected chi connectivity index (χ3v) is 6.71. The molecule has 176 valence electrons. The molecule has 1 aromatic heterocycles. The molecule has 2 fully saturated rings. The molecule has 5 rings (SSSR count). The maximum atomic E-state index is 12.8. The molecular weight excluding hydrogens is 422 g/mol. The van der Waals surface area contributed by atoms with Crippen molar-refractivity contribution in [2.75, 3.05) is 62.4 Å². The Kier molecular flexibility index (Phi) is 6.70. The minimum absolute atomic E-state index is 0.00678. The second-order valence-electron chi connectivity index (χ2n) is 8.88. The van der Waals surface area contributed by atoms with E-state index in [9.17, 15) is 9.90 Å². The Hall–Kier alpha value is -2.75. The molecule has 2 saturated heterocycles. The quantitative estimate of drug-likeness (QED) is 0.673. The number of rotatable bonds is 6. The Bertz CT molecular complexity index is 981. The summed E-state index contributed by atoms with van der Waals surface area (Å²) in [6.07, 6.45) is 3.80. The second-order valence-corrected chi connectivity index (χ2v) is 8.88. The van der Waals surface area contributed by atoms with Crippen molar-refractivity contribution in [2.45, 2.75) is 25.5 Å². The largest absolute Gasteiger partial charge is 0.392 e. The molecule has 0 radical (unpaired) electrons. The van der Waals surface area contributed by atoms with Gasteiger partial charge in [0, 0.05) is 38.4 Å². The Morgan fingerprint density at radius 1 is 1.18 bits per heavy atom. The molecule has 0 bridgehead atoms. The molecule has 2 aromatic rings. The molecule has 3 aliphatic rings. The zero-order chi connectivity index (χ0) is 22.6. The van der Waals surface area contributed by atoms with Crippen LogP contribution in [0.2, 0.25) is 0 Å². The van der Waals surface area contributed by atoms with Crippen LogP contribution in [0.3, 0.4) is 0 Å². The first-order valence-electron chi connectivity index (χ1n) is 11.7. The Morgan fingerprint density at radius 2 is 2.03 bits per heavy atom. The van der Waals surface area contributed by atoms with Gasteiger partial charge in [-0.2, -0.15) is 0 Å². The van der Waals surface area contributed by atoms with Crippen LogP contribution in [0.1, 0.15) is 18.4 Å². The number of aliphatic hydroxyl groups excluding tert-OH is 1. The van der Waals surface area contributed by atoms with Gasteiger partial charge in [-0.25, -0.2) is 9.97 Å². The first-order valence-corrected chi connectivity index (χ1v) is 11.7. The first kappa shape index (κ1) is 22.1. The molecule has 33 heavy (non-hydrogen) atoms. The number of carbonyl (C=O) groups is 1. The number of carbonyl (C=O) groups excluding carboxylic acids is 1. The molecule has 1 atom stereocenters. The Labute approximate surface area is 193 Å². The van der Waals surface area contributed by atoms with E-state index >= 15 is 0 Å². The fourth-order valence-electron chi connectivity index (χ4n) is 4.83. The van der Waals surface area contributed by atoms with Crippen molar-refractivity contribution < 1.29 is 19.4 Å². The highest BCUT2D eigenvalue weighted by Crippen LogP contribution is 2.36. The summed E-state index contributed by atoms with van der Waals surface area (Å²) in [5.74, 6) is 1.89. The molecule has 1 amide bonds. The number of amides is 1. The molecule has 4 heterocycles. The molecule has 3 aliphatic heterocycles. The van der Waals surface area contributed by atoms with Crippen molar-refractivity contribution in [3.05, 3.63) is 36.0 Å². The van der Waals surface area contributed by atoms with Gasteiger partial charge in [0.2, 0.25) is 5.91 Å². The molecular formula is C24H31N5O4. The lowest BCUT2D eigenvalue weighted by molar-refractivity contribution is -0.120. The monoisotopic (exact) mass is 453 g/mol. The van der Waals surface area contributed by atoms with Crippen LogP contribution in [-0.2, 0) is 20.9 Å². The van der Waals surface area contributed by atoms with Gasteiger partial charge in [-0.1, -0.05) is 24.3 Å². The van der Waals surface area contributed by atoms with Gasteiger partial charge in [-0.15, -0.1) is 0 Å². The van der Waals surface area contributed by atoms with Crippen molar-refractivity contribution in [3.63, 3.8) is 0 Å². The molecule has 2 N–H and O–H groups in total. The number of hydrogen-bond acceptors (Lipinski definition) is 8. The van der Waals surface area contributed by atoms with Crippen molar-refractivity contribution in [1.29, 1.82) is 0 Å². The van der Waals surface area contributed by atoms with Crippen molar-refractivity contribution >= 4 is 17.4 Å². The van der Waals surface area contributed by atoms with Crippen LogP contribution in [-0.4, -0.2) is 79.6 Å². The number of aliphatic hydroxyl groups is 1. The van der Waals surface area contributed by atoms with Gasteiger partial charge < -0.3 is 29.7 Å². The van der Waals surface area contributed by atoms with Crippen LogP contribution in [0.15, 0.2) is 30.5 Å². The summed E-state index contributed by atoms with van der Waals surface area (Å²) in [5.41, 5.74) is 2.47. The third-order valence-electron chi connectivity index (χ3n) is 6.71. The number of hydrogen-bond donors (Lipinski definition) is 2. The van der Waals surface area contributed by atoms with E-state index in [0.717, 1.165) is 55.2 Å². The second kappa shape index (κ2) is 10.0. The van der Waals surface area contributed by atoms with E-state index in [0.29, 0.717) is 38.0 Å². The highest BCUT2D eigenvalue weighted by atomic mass is 16.5. The number of nitrogens with zero attached hydrogens (tertiary/aromatic N) is 4. The minimum atomic E-state index is -0.0732. The van der Waals surface area contributed by atoms with E-state index in [-0.39, 0.29) is 25.1 Å². The zero-order valence-electron chi connectivity index (χ0n) is 18.8. The van der Waals surface area contributed by atoms with Crippen LogP contribution in [0.5, 0.6) is 0 Å². The van der Waals surface area contributed by atoms with E-state index in [4.69, 9.17) is 14.5 Å². The molecule has 9 nitrogen and oxygen atoms in total. The van der Waals surface area contributed by atoms with Crippen molar-refractivity contribution in [1.82, 2.24) is 15.3 Å². The topological polar surface area (TPSA) is 100 Å². The molecule has 9 heteroatoms. The standard InChI is InChI=1S/C24H31N5O4/c30-15-18-3-1-2-4-20(18)23-26-12-21-24(27-23)29-7-10-33-16-19(29)13-28(21)14-22(31)25-11-17-5-8-32-9-6-17/h1-4,12,17,19,30H,5-11,13-16H2,(H,25,31)/t19-/m1/s1. The van der Waals surface area contributed by atoms with Gasteiger partial charge in [-0.05, 0) is 24.3 Å². The fourth-order valence-corrected chi connectivity index (χ4v) is 4.83. The summed E-state index contributed by atoms with van der Waals surface area (Å²) >= 11 is 0. The normalized spacial score (nSPS) is 20.8. The smallest absolute Gasteiger partial charge is 0.239 e. The van der Waals surface area contributed by atoms with E-state index in [1.165, 1.54) is 0 Å². The van der Waals surface area contributed by atoms with Gasteiger partial charge in [0.15, 0.2) is 11.6 Å². The number of morpholine rings is 1. The first-order chi connectivity index (χ1) is 16.2. The lowest BCUT2D eigenvalue weighted by Crippen LogP contribution is -2.57. The fraction of sp³-hybridized carbons (Fsp3) is 0.542. The third kappa shape index (κ3) is 4.80. The summed E-state index contributed by atoms with van der Waals surface area (Å²) < 4.78 is 11.1. The summed E-state index contributed by atoms with van der Waals surface area (Å²) in [7, 11) is 0. The highest BCUT2D eigenvalue weighted by Gasteiger charge is 2.35. The lowest BCUT2D eigenvalue weighted by Gasteiger charge is -2.45. The SMILES string of the molecule is O=C(CN1C[C@@H]2COCCN2c2nc(-c3ccccc3CO)ncc21)NCC1CCOCC1. The molecule has 0 aliphatic carbocycles. The average molecular weight is 454 g/mol. The number of ether oxygens (including phenoxy) is 2. The minimum Gasteiger partial charge on any atom is -0.392 e. The van der Waals surface area contributed by atoms with Crippen LogP contribution >= 0.6 is 0 Å². The highest BCUT2D eigenvalue weighted by molar-refractivity contribution is 5.84. The van der Waals surface area contributed by atoms with Gasteiger partial charge in [0.25, 0.3) is 0 Å². The van der Waals surface area contributed by atoms with Gasteiger partial charge in [0.1, 0.15) is 0 Å². The van der Waals surface area contributed by atoms with Crippen LogP contribution in [0.25, 0.3) is 11.4 Å². The number of aromatic nitrogens is 2. The number of nitrogens with one attached hydrogen (secondary N) is 1.